The minimum absolute atomic E-state index is 0.0430. The summed E-state index contributed by atoms with van der Waals surface area (Å²) >= 11 is 0. The number of benzene rings is 3. The molecule has 4 rings (SSSR count). The topological polar surface area (TPSA) is 98.8 Å². The minimum atomic E-state index is -3.92. The summed E-state index contributed by atoms with van der Waals surface area (Å²) in [6, 6.07) is 22.8. The number of rotatable bonds is 8. The van der Waals surface area contributed by atoms with E-state index in [0.29, 0.717) is 24.3 Å². The Morgan fingerprint density at radius 1 is 0.833 bits per heavy atom. The Kier molecular flexibility index (Phi) is 8.14. The van der Waals surface area contributed by atoms with Gasteiger partial charge in [-0.15, -0.1) is 0 Å². The molecule has 188 valence electrons. The number of anilines is 1. The van der Waals surface area contributed by atoms with Crippen molar-refractivity contribution in [3.63, 3.8) is 0 Å². The van der Waals surface area contributed by atoms with Crippen molar-refractivity contribution in [1.29, 1.82) is 0 Å². The SMILES string of the molecule is CN1CCN(C(=O)c2ccc(NC(=O)C(Cc3ccccc3)NS(=O)(=O)c3ccccc3)cc2)CC1. The maximum atomic E-state index is 13.2. The van der Waals surface area contributed by atoms with Crippen molar-refractivity contribution < 1.29 is 18.0 Å². The van der Waals surface area contributed by atoms with Crippen LogP contribution in [0.1, 0.15) is 15.9 Å². The smallest absolute Gasteiger partial charge is 0.253 e. The molecule has 1 atom stereocenters. The van der Waals surface area contributed by atoms with Crippen LogP contribution in [-0.2, 0) is 21.2 Å². The van der Waals surface area contributed by atoms with Gasteiger partial charge in [-0.25, -0.2) is 8.42 Å². The average molecular weight is 507 g/mol. The lowest BCUT2D eigenvalue weighted by Crippen LogP contribution is -2.47. The Morgan fingerprint density at radius 2 is 1.42 bits per heavy atom. The molecular weight excluding hydrogens is 476 g/mol. The monoisotopic (exact) mass is 506 g/mol. The molecule has 2 amide bonds. The van der Waals surface area contributed by atoms with Crippen molar-refractivity contribution >= 4 is 27.5 Å². The fourth-order valence-corrected chi connectivity index (χ4v) is 5.23. The van der Waals surface area contributed by atoms with Crippen LogP contribution in [-0.4, -0.2) is 69.3 Å². The average Bonchev–Trinajstić information content (AvgIpc) is 2.90. The molecule has 0 spiro atoms. The van der Waals surface area contributed by atoms with Gasteiger partial charge in [-0.3, -0.25) is 9.59 Å². The zero-order chi connectivity index (χ0) is 25.5. The van der Waals surface area contributed by atoms with E-state index in [1.807, 2.05) is 42.3 Å². The number of sulfonamides is 1. The van der Waals surface area contributed by atoms with Crippen LogP contribution in [0.25, 0.3) is 0 Å². The van der Waals surface area contributed by atoms with Gasteiger partial charge in [-0.2, -0.15) is 4.72 Å². The number of hydrogen-bond acceptors (Lipinski definition) is 5. The third kappa shape index (κ3) is 6.57. The van der Waals surface area contributed by atoms with Gasteiger partial charge in [0.05, 0.1) is 4.90 Å². The quantitative estimate of drug-likeness (QED) is 0.489. The molecule has 0 aromatic heterocycles. The van der Waals surface area contributed by atoms with Crippen LogP contribution in [0.15, 0.2) is 89.8 Å². The number of carbonyl (C=O) groups excluding carboxylic acids is 2. The first kappa shape index (κ1) is 25.6. The van der Waals surface area contributed by atoms with Gasteiger partial charge in [0.1, 0.15) is 6.04 Å². The molecule has 0 aliphatic carbocycles. The van der Waals surface area contributed by atoms with Gasteiger partial charge in [0.25, 0.3) is 5.91 Å². The number of amides is 2. The second-order valence-corrected chi connectivity index (χ2v) is 10.6. The highest BCUT2D eigenvalue weighted by molar-refractivity contribution is 7.89. The number of hydrogen-bond donors (Lipinski definition) is 2. The van der Waals surface area contributed by atoms with Crippen LogP contribution in [0.5, 0.6) is 0 Å². The van der Waals surface area contributed by atoms with Crippen LogP contribution >= 0.6 is 0 Å². The summed E-state index contributed by atoms with van der Waals surface area (Å²) in [5.41, 5.74) is 1.84. The number of carbonyl (C=O) groups is 2. The van der Waals surface area contributed by atoms with E-state index in [0.717, 1.165) is 18.7 Å². The number of likely N-dealkylation sites (N-methyl/N-ethyl adjacent to an activating group) is 1. The number of nitrogens with one attached hydrogen (secondary N) is 2. The highest BCUT2D eigenvalue weighted by atomic mass is 32.2. The lowest BCUT2D eigenvalue weighted by molar-refractivity contribution is -0.117. The Hall–Kier alpha value is -3.53. The fraction of sp³-hybridized carbons (Fsp3) is 0.259. The van der Waals surface area contributed by atoms with E-state index in [9.17, 15) is 18.0 Å². The second-order valence-electron chi connectivity index (χ2n) is 8.84. The van der Waals surface area contributed by atoms with Crippen LogP contribution < -0.4 is 10.0 Å². The molecular formula is C27H30N4O4S. The molecule has 0 radical (unpaired) electrons. The first-order valence-electron chi connectivity index (χ1n) is 11.8. The molecule has 8 nitrogen and oxygen atoms in total. The van der Waals surface area contributed by atoms with Crippen molar-refractivity contribution in [3.8, 4) is 0 Å². The van der Waals surface area contributed by atoms with Gasteiger partial charge in [0.2, 0.25) is 15.9 Å². The Balaban J connectivity index is 1.47. The van der Waals surface area contributed by atoms with E-state index in [2.05, 4.69) is 14.9 Å². The molecule has 3 aromatic carbocycles. The molecule has 2 N–H and O–H groups in total. The van der Waals surface area contributed by atoms with E-state index in [-0.39, 0.29) is 17.2 Å². The maximum Gasteiger partial charge on any atom is 0.253 e. The van der Waals surface area contributed by atoms with Crippen LogP contribution in [0.2, 0.25) is 0 Å². The van der Waals surface area contributed by atoms with Gasteiger partial charge in [-0.1, -0.05) is 48.5 Å². The molecule has 0 bridgehead atoms. The zero-order valence-electron chi connectivity index (χ0n) is 20.1. The summed E-state index contributed by atoms with van der Waals surface area (Å²) in [6.45, 7) is 3.02. The van der Waals surface area contributed by atoms with Crippen molar-refractivity contribution in [2.75, 3.05) is 38.5 Å². The lowest BCUT2D eigenvalue weighted by atomic mass is 10.1. The molecule has 1 aliphatic rings. The molecule has 36 heavy (non-hydrogen) atoms. The summed E-state index contributed by atoms with van der Waals surface area (Å²) in [4.78, 5) is 30.1. The first-order valence-corrected chi connectivity index (χ1v) is 13.3. The lowest BCUT2D eigenvalue weighted by Gasteiger charge is -2.32. The maximum absolute atomic E-state index is 13.2. The largest absolute Gasteiger partial charge is 0.336 e. The molecule has 1 heterocycles. The first-order chi connectivity index (χ1) is 17.3. The predicted molar refractivity (Wildman–Crippen MR) is 139 cm³/mol. The Bertz CT molecular complexity index is 1270. The second kappa shape index (κ2) is 11.5. The van der Waals surface area contributed by atoms with Crippen LogP contribution in [0, 0.1) is 0 Å². The third-order valence-corrected chi connectivity index (χ3v) is 7.63. The summed E-state index contributed by atoms with van der Waals surface area (Å²) in [5.74, 6) is -0.532. The fourth-order valence-electron chi connectivity index (χ4n) is 4.01. The van der Waals surface area contributed by atoms with Crippen molar-refractivity contribution in [3.05, 3.63) is 96.1 Å². The third-order valence-electron chi connectivity index (χ3n) is 6.14. The van der Waals surface area contributed by atoms with Gasteiger partial charge < -0.3 is 15.1 Å². The Labute approximate surface area is 212 Å². The van der Waals surface area contributed by atoms with E-state index in [1.54, 1.807) is 42.5 Å². The molecule has 1 saturated heterocycles. The summed E-state index contributed by atoms with van der Waals surface area (Å²) in [7, 11) is -1.88. The summed E-state index contributed by atoms with van der Waals surface area (Å²) < 4.78 is 28.4. The Morgan fingerprint density at radius 3 is 2.03 bits per heavy atom. The molecule has 9 heteroatoms. The van der Waals surface area contributed by atoms with Gasteiger partial charge in [0, 0.05) is 37.4 Å². The van der Waals surface area contributed by atoms with Crippen molar-refractivity contribution in [2.24, 2.45) is 0 Å². The van der Waals surface area contributed by atoms with Crippen molar-refractivity contribution in [2.45, 2.75) is 17.4 Å². The molecule has 1 aliphatic heterocycles. The number of nitrogens with zero attached hydrogens (tertiary/aromatic N) is 2. The van der Waals surface area contributed by atoms with Gasteiger partial charge in [0.15, 0.2) is 0 Å². The normalized spacial score (nSPS) is 15.3. The molecule has 1 fully saturated rings. The zero-order valence-corrected chi connectivity index (χ0v) is 20.9. The van der Waals surface area contributed by atoms with Crippen LogP contribution in [0.3, 0.4) is 0 Å². The van der Waals surface area contributed by atoms with E-state index in [1.165, 1.54) is 12.1 Å². The summed E-state index contributed by atoms with van der Waals surface area (Å²) in [6.07, 6.45) is 0.179. The van der Waals surface area contributed by atoms with E-state index in [4.69, 9.17) is 0 Å². The number of piperazine rings is 1. The van der Waals surface area contributed by atoms with Gasteiger partial charge >= 0.3 is 0 Å². The standard InChI is InChI=1S/C27H30N4O4S/c1-30-16-18-31(19-17-30)27(33)22-12-14-23(15-13-22)28-26(32)25(20-21-8-4-2-5-9-21)29-36(34,35)24-10-6-3-7-11-24/h2-15,25,29H,16-20H2,1H3,(H,28,32). The van der Waals surface area contributed by atoms with Gasteiger partial charge in [-0.05, 0) is 55.4 Å². The van der Waals surface area contributed by atoms with E-state index < -0.39 is 22.0 Å². The molecule has 1 unspecified atom stereocenters. The predicted octanol–water partition coefficient (Wildman–Crippen LogP) is 2.60. The van der Waals surface area contributed by atoms with Crippen molar-refractivity contribution in [1.82, 2.24) is 14.5 Å². The highest BCUT2D eigenvalue weighted by Crippen LogP contribution is 2.16. The van der Waals surface area contributed by atoms with E-state index >= 15 is 0 Å². The van der Waals surface area contributed by atoms with Crippen LogP contribution in [0.4, 0.5) is 5.69 Å². The summed E-state index contributed by atoms with van der Waals surface area (Å²) in [5, 5.41) is 2.79. The highest BCUT2D eigenvalue weighted by Gasteiger charge is 2.26. The molecule has 0 saturated carbocycles. The minimum Gasteiger partial charge on any atom is -0.336 e. The molecule has 3 aromatic rings.